The number of ether oxygens (including phenoxy) is 3. The number of benzene rings is 2. The summed E-state index contributed by atoms with van der Waals surface area (Å²) >= 11 is 0. The Balaban J connectivity index is 1.27. The third-order valence-corrected chi connectivity index (χ3v) is 7.75. The van der Waals surface area contributed by atoms with Crippen LogP contribution >= 0.6 is 0 Å². The monoisotopic (exact) mass is 520 g/mol. The Bertz CT molecular complexity index is 1090. The molecule has 2 aromatic carbocycles. The molecule has 1 saturated heterocycles. The number of rotatable bonds is 9. The van der Waals surface area contributed by atoms with E-state index in [-0.39, 0.29) is 18.2 Å². The van der Waals surface area contributed by atoms with Gasteiger partial charge in [0.25, 0.3) is 0 Å². The minimum absolute atomic E-state index is 0.0674. The van der Waals surface area contributed by atoms with Crippen LogP contribution in [0.15, 0.2) is 48.6 Å². The van der Waals surface area contributed by atoms with Crippen LogP contribution in [0.5, 0.6) is 17.2 Å². The molecule has 2 aromatic rings. The zero-order valence-corrected chi connectivity index (χ0v) is 22.8. The quantitative estimate of drug-likeness (QED) is 0.427. The fraction of sp³-hybridized carbons (Fsp3) is 0.484. The molecular formula is C31H40N2O5. The van der Waals surface area contributed by atoms with Crippen LogP contribution in [0.4, 0.5) is 5.69 Å². The van der Waals surface area contributed by atoms with E-state index in [0.29, 0.717) is 29.1 Å². The minimum Gasteiger partial charge on any atom is -0.493 e. The summed E-state index contributed by atoms with van der Waals surface area (Å²) in [6.07, 6.45) is 12.1. The lowest BCUT2D eigenvalue weighted by Gasteiger charge is -2.32. The van der Waals surface area contributed by atoms with E-state index in [1.165, 1.54) is 37.7 Å². The van der Waals surface area contributed by atoms with Crippen LogP contribution in [0.25, 0.3) is 0 Å². The van der Waals surface area contributed by atoms with Crippen molar-refractivity contribution in [1.29, 1.82) is 0 Å². The Kier molecular flexibility index (Phi) is 9.68. The average molecular weight is 521 g/mol. The fourth-order valence-electron chi connectivity index (χ4n) is 5.56. The summed E-state index contributed by atoms with van der Waals surface area (Å²) in [6, 6.07) is 11.8. The van der Waals surface area contributed by atoms with Crippen molar-refractivity contribution < 1.29 is 23.8 Å². The maximum absolute atomic E-state index is 13.0. The highest BCUT2D eigenvalue weighted by Gasteiger charge is 2.25. The van der Waals surface area contributed by atoms with Crippen LogP contribution in [0, 0.1) is 5.92 Å². The van der Waals surface area contributed by atoms with Crippen LogP contribution in [-0.4, -0.2) is 51.1 Å². The van der Waals surface area contributed by atoms with Crippen molar-refractivity contribution >= 4 is 17.5 Å². The number of hydrogen-bond donors (Lipinski definition) is 1. The SMILES string of the molecule is COc1cc(CC(=O)N2CCC(c3ccc(NC(=O)/C=C/C4CCCCC4)cc3)CC2)cc(OC)c1OC. The Morgan fingerprint density at radius 3 is 2.11 bits per heavy atom. The van der Waals surface area contributed by atoms with Crippen molar-refractivity contribution in [2.75, 3.05) is 39.7 Å². The average Bonchev–Trinajstić information content (AvgIpc) is 2.96. The first-order valence-electron chi connectivity index (χ1n) is 13.7. The van der Waals surface area contributed by atoms with Gasteiger partial charge in [-0.25, -0.2) is 0 Å². The van der Waals surface area contributed by atoms with Crippen LogP contribution in [-0.2, 0) is 16.0 Å². The Labute approximate surface area is 226 Å². The second kappa shape index (κ2) is 13.4. The first-order valence-corrected chi connectivity index (χ1v) is 13.7. The van der Waals surface area contributed by atoms with Crippen LogP contribution in [0.2, 0.25) is 0 Å². The normalized spacial score (nSPS) is 16.9. The Morgan fingerprint density at radius 1 is 0.895 bits per heavy atom. The zero-order chi connectivity index (χ0) is 26.9. The van der Waals surface area contributed by atoms with Gasteiger partial charge < -0.3 is 24.4 Å². The fourth-order valence-corrected chi connectivity index (χ4v) is 5.56. The molecule has 1 aliphatic carbocycles. The molecule has 204 valence electrons. The second-order valence-corrected chi connectivity index (χ2v) is 10.2. The maximum atomic E-state index is 13.0. The lowest BCUT2D eigenvalue weighted by Crippen LogP contribution is -2.38. The van der Waals surface area contributed by atoms with Gasteiger partial charge in [0.1, 0.15) is 0 Å². The molecule has 1 aliphatic heterocycles. The highest BCUT2D eigenvalue weighted by molar-refractivity contribution is 5.99. The smallest absolute Gasteiger partial charge is 0.248 e. The number of likely N-dealkylation sites (tertiary alicyclic amines) is 1. The summed E-state index contributed by atoms with van der Waals surface area (Å²) in [5, 5.41) is 2.98. The Hall–Kier alpha value is -3.48. The van der Waals surface area contributed by atoms with Crippen molar-refractivity contribution in [3.8, 4) is 17.2 Å². The van der Waals surface area contributed by atoms with Gasteiger partial charge in [0.2, 0.25) is 17.6 Å². The molecular weight excluding hydrogens is 480 g/mol. The van der Waals surface area contributed by atoms with E-state index in [1.807, 2.05) is 29.2 Å². The number of methoxy groups -OCH3 is 3. The molecule has 0 aromatic heterocycles. The largest absolute Gasteiger partial charge is 0.493 e. The van der Waals surface area contributed by atoms with Crippen molar-refractivity contribution in [2.24, 2.45) is 5.92 Å². The van der Waals surface area contributed by atoms with Crippen LogP contribution in [0.1, 0.15) is 62.0 Å². The molecule has 0 atom stereocenters. The summed E-state index contributed by atoms with van der Waals surface area (Å²) in [5.74, 6) is 2.59. The predicted molar refractivity (Wildman–Crippen MR) is 149 cm³/mol. The van der Waals surface area contributed by atoms with E-state index in [2.05, 4.69) is 23.5 Å². The van der Waals surface area contributed by atoms with Crippen molar-refractivity contribution in [3.63, 3.8) is 0 Å². The number of amides is 2. The molecule has 0 bridgehead atoms. The first-order chi connectivity index (χ1) is 18.5. The molecule has 2 fully saturated rings. The summed E-state index contributed by atoms with van der Waals surface area (Å²) in [6.45, 7) is 1.44. The summed E-state index contributed by atoms with van der Waals surface area (Å²) in [4.78, 5) is 27.3. The number of carbonyl (C=O) groups is 2. The summed E-state index contributed by atoms with van der Waals surface area (Å²) in [7, 11) is 4.71. The minimum atomic E-state index is -0.0674. The van der Waals surface area contributed by atoms with E-state index in [1.54, 1.807) is 27.4 Å². The van der Waals surface area contributed by atoms with E-state index in [9.17, 15) is 9.59 Å². The highest BCUT2D eigenvalue weighted by atomic mass is 16.5. The molecule has 1 heterocycles. The molecule has 2 aliphatic rings. The lowest BCUT2D eigenvalue weighted by molar-refractivity contribution is -0.131. The first kappa shape index (κ1) is 27.6. The molecule has 2 amide bonds. The number of piperidine rings is 1. The summed E-state index contributed by atoms with van der Waals surface area (Å²) in [5.41, 5.74) is 2.89. The molecule has 7 heteroatoms. The molecule has 0 unspecified atom stereocenters. The van der Waals surface area contributed by atoms with Gasteiger partial charge in [-0.3, -0.25) is 9.59 Å². The number of carbonyl (C=O) groups excluding carboxylic acids is 2. The van der Waals surface area contributed by atoms with Gasteiger partial charge in [-0.15, -0.1) is 0 Å². The topological polar surface area (TPSA) is 77.1 Å². The third-order valence-electron chi connectivity index (χ3n) is 7.75. The molecule has 1 saturated carbocycles. The van der Waals surface area contributed by atoms with Crippen molar-refractivity contribution in [2.45, 2.75) is 57.3 Å². The second-order valence-electron chi connectivity index (χ2n) is 10.2. The summed E-state index contributed by atoms with van der Waals surface area (Å²) < 4.78 is 16.2. The molecule has 1 N–H and O–H groups in total. The number of allylic oxidation sites excluding steroid dienone is 1. The molecule has 0 radical (unpaired) electrons. The zero-order valence-electron chi connectivity index (χ0n) is 22.8. The lowest BCUT2D eigenvalue weighted by atomic mass is 9.89. The molecule has 0 spiro atoms. The van der Waals surface area contributed by atoms with Gasteiger partial charge in [-0.2, -0.15) is 0 Å². The van der Waals surface area contributed by atoms with Crippen LogP contribution in [0.3, 0.4) is 0 Å². The Morgan fingerprint density at radius 2 is 1.53 bits per heavy atom. The molecule has 4 rings (SSSR count). The highest BCUT2D eigenvalue weighted by Crippen LogP contribution is 2.38. The van der Waals surface area contributed by atoms with E-state index in [4.69, 9.17) is 14.2 Å². The predicted octanol–water partition coefficient (Wildman–Crippen LogP) is 5.74. The van der Waals surface area contributed by atoms with Crippen LogP contribution < -0.4 is 19.5 Å². The molecule has 7 nitrogen and oxygen atoms in total. The van der Waals surface area contributed by atoms with Gasteiger partial charge in [-0.05, 0) is 79.0 Å². The van der Waals surface area contributed by atoms with Gasteiger partial charge in [0.15, 0.2) is 11.5 Å². The number of nitrogens with one attached hydrogen (secondary N) is 1. The third kappa shape index (κ3) is 7.09. The molecule has 38 heavy (non-hydrogen) atoms. The van der Waals surface area contributed by atoms with Crippen molar-refractivity contribution in [3.05, 3.63) is 59.7 Å². The number of anilines is 1. The number of nitrogens with zero attached hydrogens (tertiary/aromatic N) is 1. The van der Waals surface area contributed by atoms with Crippen molar-refractivity contribution in [1.82, 2.24) is 4.90 Å². The van der Waals surface area contributed by atoms with Gasteiger partial charge in [-0.1, -0.05) is 37.5 Å². The van der Waals surface area contributed by atoms with E-state index in [0.717, 1.165) is 37.2 Å². The van der Waals surface area contributed by atoms with Gasteiger partial charge in [0.05, 0.1) is 27.8 Å². The number of hydrogen-bond acceptors (Lipinski definition) is 5. The maximum Gasteiger partial charge on any atom is 0.248 e. The van der Waals surface area contributed by atoms with E-state index >= 15 is 0 Å². The van der Waals surface area contributed by atoms with Gasteiger partial charge >= 0.3 is 0 Å². The van der Waals surface area contributed by atoms with E-state index < -0.39 is 0 Å². The standard InChI is InChI=1S/C31H40N2O5/c1-36-27-19-23(20-28(37-2)31(27)38-3)21-30(35)33-17-15-25(16-18-33)24-10-12-26(13-11-24)32-29(34)14-9-22-7-5-4-6-8-22/h9-14,19-20,22,25H,4-8,15-18,21H2,1-3H3,(H,32,34)/b14-9+. The van der Waals surface area contributed by atoms with Gasteiger partial charge in [0, 0.05) is 18.8 Å².